The molecule has 0 aromatic heterocycles. The van der Waals surface area contributed by atoms with Crippen LogP contribution in [0.4, 0.5) is 0 Å². The van der Waals surface area contributed by atoms with E-state index in [4.69, 9.17) is 4.84 Å². The van der Waals surface area contributed by atoms with E-state index >= 15 is 0 Å². The summed E-state index contributed by atoms with van der Waals surface area (Å²) in [5.74, 6) is 0.267. The number of carbonyl (C=O) groups excluding carboxylic acids is 1. The maximum Gasteiger partial charge on any atom is 0.230 e. The predicted octanol–water partition coefficient (Wildman–Crippen LogP) is 3.16. The van der Waals surface area contributed by atoms with Crippen molar-refractivity contribution in [2.75, 3.05) is 19.6 Å². The molecular formula is C19H26N2O2. The van der Waals surface area contributed by atoms with Gasteiger partial charge in [-0.1, -0.05) is 36.8 Å². The van der Waals surface area contributed by atoms with Gasteiger partial charge in [-0.15, -0.1) is 0 Å². The van der Waals surface area contributed by atoms with E-state index in [-0.39, 0.29) is 18.1 Å². The lowest BCUT2D eigenvalue weighted by atomic mass is 9.85. The molecule has 0 aliphatic carbocycles. The van der Waals surface area contributed by atoms with E-state index in [9.17, 15) is 4.79 Å². The third-order valence-electron chi connectivity index (χ3n) is 5.57. The van der Waals surface area contributed by atoms with Gasteiger partial charge in [-0.3, -0.25) is 9.63 Å². The summed E-state index contributed by atoms with van der Waals surface area (Å²) in [4.78, 5) is 21.6. The number of likely N-dealkylation sites (tertiary alicyclic amines) is 1. The first-order valence-electron chi connectivity index (χ1n) is 9.12. The molecule has 3 aliphatic rings. The lowest BCUT2D eigenvalue weighted by molar-refractivity contribution is -0.173. The molecule has 4 rings (SSSR count). The highest BCUT2D eigenvalue weighted by Crippen LogP contribution is 2.43. The fraction of sp³-hybridized carbons (Fsp3) is 0.632. The van der Waals surface area contributed by atoms with Gasteiger partial charge in [0, 0.05) is 25.7 Å². The second kappa shape index (κ2) is 6.62. The van der Waals surface area contributed by atoms with Gasteiger partial charge in [0.2, 0.25) is 5.91 Å². The number of amides is 1. The smallest absolute Gasteiger partial charge is 0.230 e. The van der Waals surface area contributed by atoms with E-state index in [0.29, 0.717) is 5.91 Å². The minimum atomic E-state index is -0.117. The highest BCUT2D eigenvalue weighted by atomic mass is 16.7. The number of hydroxylamine groups is 2. The van der Waals surface area contributed by atoms with E-state index in [2.05, 4.69) is 22.1 Å². The summed E-state index contributed by atoms with van der Waals surface area (Å²) in [5, 5.41) is 2.10. The van der Waals surface area contributed by atoms with Gasteiger partial charge in [0.15, 0.2) is 0 Å². The molecule has 0 bridgehead atoms. The Morgan fingerprint density at radius 3 is 2.48 bits per heavy atom. The second-order valence-corrected chi connectivity index (χ2v) is 7.05. The summed E-state index contributed by atoms with van der Waals surface area (Å²) in [6, 6.07) is 10.5. The van der Waals surface area contributed by atoms with Gasteiger partial charge >= 0.3 is 0 Å². The van der Waals surface area contributed by atoms with Gasteiger partial charge in [-0.2, -0.15) is 5.06 Å². The van der Waals surface area contributed by atoms with Crippen molar-refractivity contribution in [2.24, 2.45) is 5.92 Å². The number of piperidine rings is 2. The first-order valence-corrected chi connectivity index (χ1v) is 9.12. The number of carbonyl (C=O) groups is 1. The Bertz CT molecular complexity index is 542. The van der Waals surface area contributed by atoms with Crippen molar-refractivity contribution in [3.63, 3.8) is 0 Å². The number of nitrogens with zero attached hydrogens (tertiary/aromatic N) is 2. The lowest BCUT2D eigenvalue weighted by Crippen LogP contribution is -2.46. The largest absolute Gasteiger partial charge is 0.342 e. The molecule has 4 heteroatoms. The molecule has 0 saturated carbocycles. The van der Waals surface area contributed by atoms with Crippen molar-refractivity contribution in [3.05, 3.63) is 35.9 Å². The van der Waals surface area contributed by atoms with Gasteiger partial charge in [-0.25, -0.2) is 0 Å². The highest BCUT2D eigenvalue weighted by Gasteiger charge is 2.49. The number of rotatable bonds is 2. The molecule has 1 aromatic carbocycles. The zero-order valence-corrected chi connectivity index (χ0v) is 13.7. The van der Waals surface area contributed by atoms with Gasteiger partial charge in [-0.05, 0) is 37.7 Å². The third-order valence-corrected chi connectivity index (χ3v) is 5.57. The van der Waals surface area contributed by atoms with E-state index in [1.165, 1.54) is 19.3 Å². The molecule has 3 atom stereocenters. The van der Waals surface area contributed by atoms with E-state index in [1.54, 1.807) is 0 Å². The van der Waals surface area contributed by atoms with Crippen LogP contribution >= 0.6 is 0 Å². The first-order chi connectivity index (χ1) is 11.3. The fourth-order valence-corrected chi connectivity index (χ4v) is 4.36. The van der Waals surface area contributed by atoms with Crippen LogP contribution in [-0.2, 0) is 9.63 Å². The Balaban J connectivity index is 1.62. The maximum atomic E-state index is 13.3. The average molecular weight is 314 g/mol. The van der Waals surface area contributed by atoms with E-state index in [0.717, 1.165) is 44.5 Å². The molecule has 0 N–H and O–H groups in total. The molecule has 23 heavy (non-hydrogen) atoms. The van der Waals surface area contributed by atoms with Crippen LogP contribution in [0.25, 0.3) is 0 Å². The van der Waals surface area contributed by atoms with E-state index < -0.39 is 0 Å². The van der Waals surface area contributed by atoms with Crippen LogP contribution in [0.1, 0.15) is 50.2 Å². The van der Waals surface area contributed by atoms with Gasteiger partial charge < -0.3 is 4.90 Å². The Morgan fingerprint density at radius 1 is 0.957 bits per heavy atom. The number of fused-ring (bicyclic) bond motifs is 1. The predicted molar refractivity (Wildman–Crippen MR) is 88.5 cm³/mol. The van der Waals surface area contributed by atoms with E-state index in [1.807, 2.05) is 18.2 Å². The molecule has 3 aliphatic heterocycles. The zero-order chi connectivity index (χ0) is 15.6. The average Bonchev–Trinajstić information content (AvgIpc) is 3.02. The molecule has 3 fully saturated rings. The zero-order valence-electron chi connectivity index (χ0n) is 13.7. The molecule has 124 valence electrons. The van der Waals surface area contributed by atoms with Crippen molar-refractivity contribution in [2.45, 2.75) is 50.7 Å². The van der Waals surface area contributed by atoms with Crippen molar-refractivity contribution < 1.29 is 9.63 Å². The molecule has 0 unspecified atom stereocenters. The van der Waals surface area contributed by atoms with Crippen molar-refractivity contribution in [1.82, 2.24) is 9.96 Å². The normalized spacial score (nSPS) is 31.8. The number of benzene rings is 1. The monoisotopic (exact) mass is 314 g/mol. The topological polar surface area (TPSA) is 32.8 Å². The summed E-state index contributed by atoms with van der Waals surface area (Å²) in [5.41, 5.74) is 1.14. The van der Waals surface area contributed by atoms with Crippen molar-refractivity contribution in [1.29, 1.82) is 0 Å². The lowest BCUT2D eigenvalue weighted by Gasteiger charge is -2.34. The van der Waals surface area contributed by atoms with Crippen LogP contribution < -0.4 is 0 Å². The Morgan fingerprint density at radius 2 is 1.70 bits per heavy atom. The molecule has 3 heterocycles. The molecule has 3 saturated heterocycles. The summed E-state index contributed by atoms with van der Waals surface area (Å²) in [7, 11) is 0. The highest BCUT2D eigenvalue weighted by molar-refractivity contribution is 5.81. The maximum absolute atomic E-state index is 13.3. The summed E-state index contributed by atoms with van der Waals surface area (Å²) < 4.78 is 0. The Kier molecular flexibility index (Phi) is 4.36. The number of hydrogen-bond acceptors (Lipinski definition) is 3. The van der Waals surface area contributed by atoms with Gasteiger partial charge in [0.1, 0.15) is 6.10 Å². The quantitative estimate of drug-likeness (QED) is 0.840. The van der Waals surface area contributed by atoms with Crippen LogP contribution in [-0.4, -0.2) is 41.5 Å². The van der Waals surface area contributed by atoms with Crippen molar-refractivity contribution in [3.8, 4) is 0 Å². The standard InChI is InChI=1S/C19H26N2O2/c22-19(20-12-6-2-7-13-20)17-16-11-5-8-14-21(16)23-18(17)15-9-3-1-4-10-15/h1,3-4,9-10,16-18H,2,5-8,11-14H2/t16-,17-,18+/m0/s1. The molecule has 4 nitrogen and oxygen atoms in total. The van der Waals surface area contributed by atoms with Crippen LogP contribution in [0.3, 0.4) is 0 Å². The van der Waals surface area contributed by atoms with Gasteiger partial charge in [0.25, 0.3) is 0 Å². The molecule has 1 amide bonds. The molecule has 1 aromatic rings. The second-order valence-electron chi connectivity index (χ2n) is 7.05. The SMILES string of the molecule is O=C([C@@H]1[C@@H](c2ccccc2)ON2CCCC[C@@H]12)N1CCCCC1. The van der Waals surface area contributed by atoms with Crippen LogP contribution in [0, 0.1) is 5.92 Å². The van der Waals surface area contributed by atoms with Crippen LogP contribution in [0.2, 0.25) is 0 Å². The minimum absolute atomic E-state index is 0.0456. The summed E-state index contributed by atoms with van der Waals surface area (Å²) in [6.07, 6.45) is 6.87. The summed E-state index contributed by atoms with van der Waals surface area (Å²) in [6.45, 7) is 2.80. The Labute approximate surface area is 138 Å². The third kappa shape index (κ3) is 2.90. The Hall–Kier alpha value is -1.39. The number of hydrogen-bond donors (Lipinski definition) is 0. The van der Waals surface area contributed by atoms with Crippen LogP contribution in [0.5, 0.6) is 0 Å². The summed E-state index contributed by atoms with van der Waals surface area (Å²) >= 11 is 0. The molecule has 0 spiro atoms. The minimum Gasteiger partial charge on any atom is -0.342 e. The fourth-order valence-electron chi connectivity index (χ4n) is 4.36. The molecule has 0 radical (unpaired) electrons. The van der Waals surface area contributed by atoms with Crippen LogP contribution in [0.15, 0.2) is 30.3 Å². The molecular weight excluding hydrogens is 288 g/mol. The van der Waals surface area contributed by atoms with Gasteiger partial charge in [0.05, 0.1) is 5.92 Å². The first kappa shape index (κ1) is 15.2. The van der Waals surface area contributed by atoms with Crippen molar-refractivity contribution >= 4 is 5.91 Å².